The Hall–Kier alpha value is -3.73. The summed E-state index contributed by atoms with van der Waals surface area (Å²) in [4.78, 5) is 19.2. The van der Waals surface area contributed by atoms with Gasteiger partial charge in [0.1, 0.15) is 0 Å². The number of aromatic nitrogens is 2. The van der Waals surface area contributed by atoms with Gasteiger partial charge in [0.2, 0.25) is 5.82 Å². The minimum Gasteiger partial charge on any atom is -0.334 e. The Balaban J connectivity index is 1.38. The van der Waals surface area contributed by atoms with E-state index in [1.54, 1.807) is 0 Å². The highest BCUT2D eigenvalue weighted by molar-refractivity contribution is 6.07. The van der Waals surface area contributed by atoms with Gasteiger partial charge in [-0.25, -0.2) is 0 Å². The molecular weight excluding hydrogens is 350 g/mol. The average molecular weight is 367 g/mol. The molecule has 5 nitrogen and oxygen atoms in total. The topological polar surface area (TPSA) is 59.2 Å². The van der Waals surface area contributed by atoms with Crippen molar-refractivity contribution in [1.29, 1.82) is 0 Å². The number of nitrogens with zero attached hydrogens (tertiary/aromatic N) is 3. The molecule has 0 atom stereocenters. The highest BCUT2D eigenvalue weighted by atomic mass is 16.5. The first-order valence-electron chi connectivity index (χ1n) is 9.19. The predicted octanol–water partition coefficient (Wildman–Crippen LogP) is 4.61. The number of carbonyl (C=O) groups excluding carboxylic acids is 1. The van der Waals surface area contributed by atoms with E-state index in [0.717, 1.165) is 23.2 Å². The van der Waals surface area contributed by atoms with Gasteiger partial charge in [0.15, 0.2) is 0 Å². The van der Waals surface area contributed by atoms with Crippen molar-refractivity contribution >= 4 is 11.6 Å². The van der Waals surface area contributed by atoms with E-state index in [1.807, 2.05) is 77.7 Å². The molecule has 0 fully saturated rings. The largest absolute Gasteiger partial charge is 0.334 e. The molecule has 0 saturated carbocycles. The van der Waals surface area contributed by atoms with Crippen molar-refractivity contribution in [3.63, 3.8) is 0 Å². The lowest BCUT2D eigenvalue weighted by Crippen LogP contribution is -2.28. The third kappa shape index (κ3) is 2.87. The molecule has 1 aliphatic heterocycles. The number of para-hydroxylation sites is 1. The molecule has 0 saturated heterocycles. The van der Waals surface area contributed by atoms with Crippen LogP contribution in [0.4, 0.5) is 5.69 Å². The van der Waals surface area contributed by atoms with E-state index in [-0.39, 0.29) is 5.91 Å². The molecule has 1 aromatic heterocycles. The fourth-order valence-corrected chi connectivity index (χ4v) is 3.51. The zero-order valence-electron chi connectivity index (χ0n) is 15.1. The minimum atomic E-state index is 0.00648. The Morgan fingerprint density at radius 3 is 2.43 bits per heavy atom. The van der Waals surface area contributed by atoms with Crippen molar-refractivity contribution in [1.82, 2.24) is 10.1 Å². The molecule has 28 heavy (non-hydrogen) atoms. The van der Waals surface area contributed by atoms with E-state index in [0.29, 0.717) is 23.8 Å². The van der Waals surface area contributed by atoms with E-state index < -0.39 is 0 Å². The van der Waals surface area contributed by atoms with Crippen molar-refractivity contribution in [3.8, 4) is 22.8 Å². The van der Waals surface area contributed by atoms with Gasteiger partial charge in [-0.2, -0.15) is 4.98 Å². The smallest absolute Gasteiger partial charge is 0.258 e. The van der Waals surface area contributed by atoms with E-state index in [9.17, 15) is 4.79 Å². The molecule has 5 rings (SSSR count). The fourth-order valence-electron chi connectivity index (χ4n) is 3.51. The lowest BCUT2D eigenvalue weighted by molar-refractivity contribution is 0.0989. The summed E-state index contributed by atoms with van der Waals surface area (Å²) < 4.78 is 5.40. The molecule has 2 heterocycles. The van der Waals surface area contributed by atoms with Crippen LogP contribution < -0.4 is 4.90 Å². The van der Waals surface area contributed by atoms with Gasteiger partial charge in [-0.05, 0) is 42.3 Å². The number of fused-ring (bicyclic) bond motifs is 1. The fraction of sp³-hybridized carbons (Fsp3) is 0.0870. The zero-order valence-corrected chi connectivity index (χ0v) is 15.1. The van der Waals surface area contributed by atoms with Gasteiger partial charge in [0, 0.05) is 28.9 Å². The molecule has 5 heteroatoms. The Kier molecular flexibility index (Phi) is 3.98. The second-order valence-corrected chi connectivity index (χ2v) is 6.70. The normalized spacial score (nSPS) is 12.8. The molecular formula is C23H17N3O2. The van der Waals surface area contributed by atoms with Crippen molar-refractivity contribution in [2.75, 3.05) is 11.4 Å². The lowest BCUT2D eigenvalue weighted by atomic mass is 10.1. The summed E-state index contributed by atoms with van der Waals surface area (Å²) in [6.07, 6.45) is 0.893. The Morgan fingerprint density at radius 2 is 1.61 bits per heavy atom. The first kappa shape index (κ1) is 16.4. The van der Waals surface area contributed by atoms with Gasteiger partial charge in [0.25, 0.3) is 11.8 Å². The molecule has 1 amide bonds. The third-order valence-corrected chi connectivity index (χ3v) is 4.97. The molecule has 136 valence electrons. The summed E-state index contributed by atoms with van der Waals surface area (Å²) in [7, 11) is 0. The molecule has 0 spiro atoms. The summed E-state index contributed by atoms with van der Waals surface area (Å²) in [6, 6.07) is 25.0. The molecule has 0 N–H and O–H groups in total. The number of amides is 1. The van der Waals surface area contributed by atoms with Crippen LogP contribution >= 0.6 is 0 Å². The maximum Gasteiger partial charge on any atom is 0.258 e. The van der Waals surface area contributed by atoms with Gasteiger partial charge in [0.05, 0.1) is 0 Å². The number of anilines is 1. The van der Waals surface area contributed by atoms with Crippen LogP contribution in [-0.4, -0.2) is 22.6 Å². The van der Waals surface area contributed by atoms with Crippen LogP contribution in [0.3, 0.4) is 0 Å². The van der Waals surface area contributed by atoms with Gasteiger partial charge in [-0.15, -0.1) is 0 Å². The second-order valence-electron chi connectivity index (χ2n) is 6.70. The Labute approximate surface area is 162 Å². The van der Waals surface area contributed by atoms with E-state index in [2.05, 4.69) is 16.2 Å². The predicted molar refractivity (Wildman–Crippen MR) is 107 cm³/mol. The summed E-state index contributed by atoms with van der Waals surface area (Å²) in [6.45, 7) is 0.712. The summed E-state index contributed by atoms with van der Waals surface area (Å²) in [5.74, 6) is 0.987. The molecule has 0 radical (unpaired) electrons. The van der Waals surface area contributed by atoms with Crippen molar-refractivity contribution in [2.24, 2.45) is 0 Å². The molecule has 3 aromatic carbocycles. The van der Waals surface area contributed by atoms with Crippen LogP contribution in [0.15, 0.2) is 83.4 Å². The monoisotopic (exact) mass is 367 g/mol. The SMILES string of the molecule is O=C(c1ccc(-c2nc(-c3ccccc3)no2)cc1)N1CCc2ccccc21. The van der Waals surface area contributed by atoms with Crippen LogP contribution in [0.1, 0.15) is 15.9 Å². The maximum absolute atomic E-state index is 12.9. The number of hydrogen-bond acceptors (Lipinski definition) is 4. The lowest BCUT2D eigenvalue weighted by Gasteiger charge is -2.17. The van der Waals surface area contributed by atoms with Gasteiger partial charge in [-0.3, -0.25) is 4.79 Å². The molecule has 0 aliphatic carbocycles. The highest BCUT2D eigenvalue weighted by Crippen LogP contribution is 2.29. The van der Waals surface area contributed by atoms with Crippen LogP contribution in [0.25, 0.3) is 22.8 Å². The van der Waals surface area contributed by atoms with Gasteiger partial charge >= 0.3 is 0 Å². The van der Waals surface area contributed by atoms with E-state index in [4.69, 9.17) is 4.52 Å². The second kappa shape index (κ2) is 6.78. The molecule has 0 unspecified atom stereocenters. The maximum atomic E-state index is 12.9. The number of carbonyl (C=O) groups is 1. The number of hydrogen-bond donors (Lipinski definition) is 0. The first-order valence-corrected chi connectivity index (χ1v) is 9.19. The average Bonchev–Trinajstić information content (AvgIpc) is 3.42. The standard InChI is InChI=1S/C23H17N3O2/c27-23(26-15-14-16-6-4-5-9-20(16)26)19-12-10-18(11-13-19)22-24-21(25-28-22)17-7-2-1-3-8-17/h1-13H,14-15H2. The Morgan fingerprint density at radius 1 is 0.857 bits per heavy atom. The van der Waals surface area contributed by atoms with Crippen molar-refractivity contribution in [2.45, 2.75) is 6.42 Å². The van der Waals surface area contributed by atoms with Crippen LogP contribution in [-0.2, 0) is 6.42 Å². The van der Waals surface area contributed by atoms with Crippen LogP contribution in [0, 0.1) is 0 Å². The molecule has 0 bridgehead atoms. The van der Waals surface area contributed by atoms with Crippen molar-refractivity contribution < 1.29 is 9.32 Å². The summed E-state index contributed by atoms with van der Waals surface area (Å²) >= 11 is 0. The Bertz CT molecular complexity index is 1130. The van der Waals surface area contributed by atoms with Crippen LogP contribution in [0.2, 0.25) is 0 Å². The summed E-state index contributed by atoms with van der Waals surface area (Å²) in [5.41, 5.74) is 4.54. The first-order chi connectivity index (χ1) is 13.8. The quantitative estimate of drug-likeness (QED) is 0.531. The van der Waals surface area contributed by atoms with Crippen LogP contribution in [0.5, 0.6) is 0 Å². The zero-order chi connectivity index (χ0) is 18.9. The van der Waals surface area contributed by atoms with E-state index >= 15 is 0 Å². The minimum absolute atomic E-state index is 0.00648. The molecule has 1 aliphatic rings. The van der Waals surface area contributed by atoms with E-state index in [1.165, 1.54) is 5.56 Å². The third-order valence-electron chi connectivity index (χ3n) is 4.97. The summed E-state index contributed by atoms with van der Waals surface area (Å²) in [5, 5.41) is 4.05. The number of rotatable bonds is 3. The number of benzene rings is 3. The van der Waals surface area contributed by atoms with Crippen molar-refractivity contribution in [3.05, 3.63) is 90.0 Å². The molecule has 4 aromatic rings. The highest BCUT2D eigenvalue weighted by Gasteiger charge is 2.25. The van der Waals surface area contributed by atoms with Gasteiger partial charge < -0.3 is 9.42 Å². The van der Waals surface area contributed by atoms with Gasteiger partial charge in [-0.1, -0.05) is 53.7 Å².